The third kappa shape index (κ3) is 4.05. The molecule has 1 aliphatic heterocycles. The first kappa shape index (κ1) is 13.5. The zero-order valence-corrected chi connectivity index (χ0v) is 9.86. The predicted molar refractivity (Wildman–Crippen MR) is 60.3 cm³/mol. The van der Waals surface area contributed by atoms with Gasteiger partial charge in [0, 0.05) is 6.42 Å². The van der Waals surface area contributed by atoms with Crippen molar-refractivity contribution in [1.82, 2.24) is 10.6 Å². The highest BCUT2D eigenvalue weighted by atomic mass is 16.4. The number of nitrogens with one attached hydrogen (secondary N) is 2. The maximum atomic E-state index is 11.7. The molecular formula is C11H18N2O4. The van der Waals surface area contributed by atoms with Crippen molar-refractivity contribution in [2.24, 2.45) is 0 Å². The van der Waals surface area contributed by atoms with E-state index in [1.807, 2.05) is 6.92 Å². The van der Waals surface area contributed by atoms with Crippen LogP contribution in [0.1, 0.15) is 39.0 Å². The second kappa shape index (κ2) is 6.22. The Morgan fingerprint density at radius 3 is 2.76 bits per heavy atom. The van der Waals surface area contributed by atoms with Crippen molar-refractivity contribution in [3.63, 3.8) is 0 Å². The maximum absolute atomic E-state index is 11.7. The molecule has 2 atom stereocenters. The summed E-state index contributed by atoms with van der Waals surface area (Å²) in [6.07, 6.45) is 2.79. The molecule has 0 bridgehead atoms. The number of carboxylic acid groups (broad SMARTS) is 1. The lowest BCUT2D eigenvalue weighted by Crippen LogP contribution is -2.48. The smallest absolute Gasteiger partial charge is 0.326 e. The first-order valence-corrected chi connectivity index (χ1v) is 5.87. The number of rotatable bonds is 6. The van der Waals surface area contributed by atoms with Crippen LogP contribution in [0.2, 0.25) is 0 Å². The molecule has 0 aromatic heterocycles. The van der Waals surface area contributed by atoms with E-state index in [1.54, 1.807) is 0 Å². The molecule has 1 saturated heterocycles. The average Bonchev–Trinajstić information content (AvgIpc) is 2.70. The number of carboxylic acids is 1. The van der Waals surface area contributed by atoms with Gasteiger partial charge >= 0.3 is 5.97 Å². The largest absolute Gasteiger partial charge is 0.480 e. The van der Waals surface area contributed by atoms with Gasteiger partial charge in [-0.2, -0.15) is 0 Å². The fourth-order valence-corrected chi connectivity index (χ4v) is 1.75. The van der Waals surface area contributed by atoms with Gasteiger partial charge in [0.25, 0.3) is 0 Å². The number of unbranched alkanes of at least 4 members (excludes halogenated alkanes) is 1. The van der Waals surface area contributed by atoms with Crippen LogP contribution in [0, 0.1) is 0 Å². The maximum Gasteiger partial charge on any atom is 0.326 e. The van der Waals surface area contributed by atoms with E-state index in [2.05, 4.69) is 10.6 Å². The van der Waals surface area contributed by atoms with Gasteiger partial charge in [-0.3, -0.25) is 9.59 Å². The minimum absolute atomic E-state index is 0.161. The molecule has 0 unspecified atom stereocenters. The van der Waals surface area contributed by atoms with Crippen LogP contribution in [-0.2, 0) is 14.4 Å². The average molecular weight is 242 g/mol. The van der Waals surface area contributed by atoms with Crippen molar-refractivity contribution in [2.75, 3.05) is 0 Å². The topological polar surface area (TPSA) is 95.5 Å². The quantitative estimate of drug-likeness (QED) is 0.612. The highest BCUT2D eigenvalue weighted by Gasteiger charge is 2.29. The molecule has 17 heavy (non-hydrogen) atoms. The monoisotopic (exact) mass is 242 g/mol. The second-order valence-electron chi connectivity index (χ2n) is 4.20. The van der Waals surface area contributed by atoms with Crippen molar-refractivity contribution < 1.29 is 19.5 Å². The SMILES string of the molecule is CCCC[C@H](NC(=O)[C@@H]1CCC(=O)N1)C(=O)O. The number of hydrogen-bond donors (Lipinski definition) is 3. The normalized spacial score (nSPS) is 20.8. The molecule has 0 radical (unpaired) electrons. The molecule has 0 aromatic rings. The van der Waals surface area contributed by atoms with Gasteiger partial charge in [0.05, 0.1) is 0 Å². The summed E-state index contributed by atoms with van der Waals surface area (Å²) < 4.78 is 0. The Morgan fingerprint density at radius 2 is 2.29 bits per heavy atom. The van der Waals surface area contributed by atoms with Crippen molar-refractivity contribution in [3.8, 4) is 0 Å². The number of carbonyl (C=O) groups excluding carboxylic acids is 2. The molecule has 1 fully saturated rings. The first-order valence-electron chi connectivity index (χ1n) is 5.87. The van der Waals surface area contributed by atoms with Crippen LogP contribution in [0.5, 0.6) is 0 Å². The molecule has 1 rings (SSSR count). The van der Waals surface area contributed by atoms with Crippen LogP contribution in [0.25, 0.3) is 0 Å². The molecular weight excluding hydrogens is 224 g/mol. The van der Waals surface area contributed by atoms with Crippen molar-refractivity contribution in [1.29, 1.82) is 0 Å². The summed E-state index contributed by atoms with van der Waals surface area (Å²) in [5.74, 6) is -1.60. The van der Waals surface area contributed by atoms with Crippen LogP contribution in [0.4, 0.5) is 0 Å². The van der Waals surface area contributed by atoms with Gasteiger partial charge in [0.1, 0.15) is 12.1 Å². The molecule has 0 spiro atoms. The molecule has 6 heteroatoms. The van der Waals surface area contributed by atoms with Crippen LogP contribution in [0.15, 0.2) is 0 Å². The van der Waals surface area contributed by atoms with E-state index in [9.17, 15) is 14.4 Å². The molecule has 2 amide bonds. The summed E-state index contributed by atoms with van der Waals surface area (Å²) in [5, 5.41) is 13.9. The third-order valence-electron chi connectivity index (χ3n) is 2.77. The van der Waals surface area contributed by atoms with Gasteiger partial charge in [0.15, 0.2) is 0 Å². The van der Waals surface area contributed by atoms with E-state index in [0.717, 1.165) is 12.8 Å². The van der Waals surface area contributed by atoms with Gasteiger partial charge < -0.3 is 15.7 Å². The Balaban J connectivity index is 2.46. The van der Waals surface area contributed by atoms with E-state index in [0.29, 0.717) is 19.3 Å². The van der Waals surface area contributed by atoms with Gasteiger partial charge in [-0.05, 0) is 12.8 Å². The summed E-state index contributed by atoms with van der Waals surface area (Å²) in [7, 11) is 0. The molecule has 0 aliphatic carbocycles. The van der Waals surface area contributed by atoms with Gasteiger partial charge in [0.2, 0.25) is 11.8 Å². The lowest BCUT2D eigenvalue weighted by Gasteiger charge is -2.17. The van der Waals surface area contributed by atoms with Crippen molar-refractivity contribution in [3.05, 3.63) is 0 Å². The zero-order chi connectivity index (χ0) is 12.8. The van der Waals surface area contributed by atoms with Crippen LogP contribution in [-0.4, -0.2) is 35.0 Å². The molecule has 96 valence electrons. The minimum atomic E-state index is -1.03. The molecule has 1 aliphatic rings. The van der Waals surface area contributed by atoms with E-state index in [-0.39, 0.29) is 5.91 Å². The molecule has 3 N–H and O–H groups in total. The number of hydrogen-bond acceptors (Lipinski definition) is 3. The van der Waals surface area contributed by atoms with Crippen LogP contribution < -0.4 is 10.6 Å². The fraction of sp³-hybridized carbons (Fsp3) is 0.727. The standard InChI is InChI=1S/C11H18N2O4/c1-2-3-4-8(11(16)17)13-10(15)7-5-6-9(14)12-7/h7-8H,2-6H2,1H3,(H,12,14)(H,13,15)(H,16,17)/t7-,8-/m0/s1. The highest BCUT2D eigenvalue weighted by Crippen LogP contribution is 2.08. The molecule has 1 heterocycles. The highest BCUT2D eigenvalue weighted by molar-refractivity contribution is 5.92. The molecule has 6 nitrogen and oxygen atoms in total. The predicted octanol–water partition coefficient (Wildman–Crippen LogP) is 0.0246. The van der Waals surface area contributed by atoms with E-state index in [4.69, 9.17) is 5.11 Å². The molecule has 0 saturated carbocycles. The lowest BCUT2D eigenvalue weighted by molar-refractivity contribution is -0.142. The minimum Gasteiger partial charge on any atom is -0.480 e. The van der Waals surface area contributed by atoms with E-state index >= 15 is 0 Å². The van der Waals surface area contributed by atoms with Crippen LogP contribution in [0.3, 0.4) is 0 Å². The molecule has 0 aromatic carbocycles. The first-order chi connectivity index (χ1) is 8.04. The summed E-state index contributed by atoms with van der Waals surface area (Å²) in [4.78, 5) is 33.5. The number of carbonyl (C=O) groups is 3. The number of amides is 2. The van der Waals surface area contributed by atoms with Crippen molar-refractivity contribution >= 4 is 17.8 Å². The van der Waals surface area contributed by atoms with Crippen LogP contribution >= 0.6 is 0 Å². The van der Waals surface area contributed by atoms with E-state index < -0.39 is 24.0 Å². The summed E-state index contributed by atoms with van der Waals surface area (Å²) in [5.41, 5.74) is 0. The summed E-state index contributed by atoms with van der Waals surface area (Å²) in [6, 6.07) is -1.44. The van der Waals surface area contributed by atoms with Crippen molar-refractivity contribution in [2.45, 2.75) is 51.1 Å². The zero-order valence-electron chi connectivity index (χ0n) is 9.86. The Labute approximate surface area is 99.8 Å². The summed E-state index contributed by atoms with van der Waals surface area (Å²) in [6.45, 7) is 1.96. The number of aliphatic carboxylic acids is 1. The Morgan fingerprint density at radius 1 is 1.59 bits per heavy atom. The second-order valence-corrected chi connectivity index (χ2v) is 4.20. The van der Waals surface area contributed by atoms with E-state index in [1.165, 1.54) is 0 Å². The van der Waals surface area contributed by atoms with Gasteiger partial charge in [-0.1, -0.05) is 19.8 Å². The Hall–Kier alpha value is -1.59. The third-order valence-corrected chi connectivity index (χ3v) is 2.77. The van der Waals surface area contributed by atoms with Gasteiger partial charge in [-0.25, -0.2) is 4.79 Å². The lowest BCUT2D eigenvalue weighted by atomic mass is 10.1. The Bertz CT molecular complexity index is 317. The van der Waals surface area contributed by atoms with Gasteiger partial charge in [-0.15, -0.1) is 0 Å². The fourth-order valence-electron chi connectivity index (χ4n) is 1.75. The Kier molecular flexibility index (Phi) is 4.93. The summed E-state index contributed by atoms with van der Waals surface area (Å²) >= 11 is 0.